The number of nitrogens with one attached hydrogen (secondary N) is 1. The van der Waals surface area contributed by atoms with E-state index < -0.39 is 0 Å². The lowest BCUT2D eigenvalue weighted by atomic mass is 10.3. The SMILES string of the molecule is C=CCn1c(COc2ccc(Cl)cc2)nnc1SCC(=O)NCc1cccs1. The zero-order valence-electron chi connectivity index (χ0n) is 15.0. The van der Waals surface area contributed by atoms with E-state index in [1.807, 2.05) is 22.1 Å². The Labute approximate surface area is 176 Å². The van der Waals surface area contributed by atoms with Gasteiger partial charge in [-0.15, -0.1) is 28.1 Å². The number of hydrogen-bond acceptors (Lipinski definition) is 6. The summed E-state index contributed by atoms with van der Waals surface area (Å²) in [6.07, 6.45) is 1.76. The largest absolute Gasteiger partial charge is 0.486 e. The van der Waals surface area contributed by atoms with Crippen molar-refractivity contribution in [1.29, 1.82) is 0 Å². The van der Waals surface area contributed by atoms with Crippen LogP contribution in [-0.2, 0) is 24.5 Å². The van der Waals surface area contributed by atoms with Gasteiger partial charge in [-0.25, -0.2) is 0 Å². The molecule has 6 nitrogen and oxygen atoms in total. The van der Waals surface area contributed by atoms with E-state index in [4.69, 9.17) is 16.3 Å². The molecule has 0 spiro atoms. The van der Waals surface area contributed by atoms with Crippen molar-refractivity contribution in [3.8, 4) is 5.75 Å². The number of thioether (sulfide) groups is 1. The van der Waals surface area contributed by atoms with Crippen LogP contribution in [0.3, 0.4) is 0 Å². The normalized spacial score (nSPS) is 10.6. The van der Waals surface area contributed by atoms with Gasteiger partial charge in [-0.3, -0.25) is 9.36 Å². The lowest BCUT2D eigenvalue weighted by molar-refractivity contribution is -0.118. The quantitative estimate of drug-likeness (QED) is 0.383. The minimum atomic E-state index is -0.0504. The molecule has 3 aromatic rings. The molecule has 2 aromatic heterocycles. The first kappa shape index (κ1) is 20.4. The van der Waals surface area contributed by atoms with Gasteiger partial charge in [0.05, 0.1) is 12.3 Å². The van der Waals surface area contributed by atoms with Crippen LogP contribution in [0.25, 0.3) is 0 Å². The molecule has 9 heteroatoms. The number of rotatable bonds is 10. The van der Waals surface area contributed by atoms with Crippen molar-refractivity contribution in [1.82, 2.24) is 20.1 Å². The van der Waals surface area contributed by atoms with E-state index in [2.05, 4.69) is 22.1 Å². The summed E-state index contributed by atoms with van der Waals surface area (Å²) in [5.74, 6) is 1.57. The molecule has 28 heavy (non-hydrogen) atoms. The summed E-state index contributed by atoms with van der Waals surface area (Å²) in [5, 5.41) is 14.6. The molecular formula is C19H19ClN4O2S2. The number of allylic oxidation sites excluding steroid dienone is 1. The maximum Gasteiger partial charge on any atom is 0.230 e. The van der Waals surface area contributed by atoms with E-state index in [1.165, 1.54) is 11.8 Å². The van der Waals surface area contributed by atoms with Crippen molar-refractivity contribution in [3.05, 3.63) is 70.2 Å². The molecule has 1 N–H and O–H groups in total. The van der Waals surface area contributed by atoms with E-state index in [1.54, 1.807) is 41.7 Å². The van der Waals surface area contributed by atoms with Gasteiger partial charge in [0.25, 0.3) is 0 Å². The molecule has 1 aromatic carbocycles. The summed E-state index contributed by atoms with van der Waals surface area (Å²) in [6, 6.07) is 11.1. The number of carbonyl (C=O) groups excluding carboxylic acids is 1. The van der Waals surface area contributed by atoms with Crippen molar-refractivity contribution < 1.29 is 9.53 Å². The number of halogens is 1. The van der Waals surface area contributed by atoms with Crippen molar-refractivity contribution in [2.75, 3.05) is 5.75 Å². The average molecular weight is 435 g/mol. The Kier molecular flexibility index (Phi) is 7.53. The average Bonchev–Trinajstić information content (AvgIpc) is 3.35. The number of aromatic nitrogens is 3. The second kappa shape index (κ2) is 10.3. The van der Waals surface area contributed by atoms with E-state index in [-0.39, 0.29) is 18.3 Å². The third-order valence-electron chi connectivity index (χ3n) is 3.66. The van der Waals surface area contributed by atoms with E-state index >= 15 is 0 Å². The van der Waals surface area contributed by atoms with Gasteiger partial charge in [-0.2, -0.15) is 0 Å². The Morgan fingerprint density at radius 2 is 2.14 bits per heavy atom. The number of thiophene rings is 1. The Morgan fingerprint density at radius 1 is 1.32 bits per heavy atom. The molecule has 3 rings (SSSR count). The van der Waals surface area contributed by atoms with Crippen molar-refractivity contribution >= 4 is 40.6 Å². The molecular weight excluding hydrogens is 416 g/mol. The summed E-state index contributed by atoms with van der Waals surface area (Å²) in [6.45, 7) is 5.11. The van der Waals surface area contributed by atoms with Crippen LogP contribution in [0.2, 0.25) is 5.02 Å². The van der Waals surface area contributed by atoms with Gasteiger partial charge in [0.15, 0.2) is 11.0 Å². The minimum absolute atomic E-state index is 0.0504. The van der Waals surface area contributed by atoms with Gasteiger partial charge in [-0.1, -0.05) is 35.5 Å². The topological polar surface area (TPSA) is 69.0 Å². The Morgan fingerprint density at radius 3 is 2.86 bits per heavy atom. The Balaban J connectivity index is 1.55. The van der Waals surface area contributed by atoms with E-state index in [0.717, 1.165) is 4.88 Å². The van der Waals surface area contributed by atoms with Gasteiger partial charge < -0.3 is 10.1 Å². The number of ether oxygens (including phenoxy) is 1. The van der Waals surface area contributed by atoms with Crippen LogP contribution in [-0.4, -0.2) is 26.4 Å². The van der Waals surface area contributed by atoms with E-state index in [9.17, 15) is 4.79 Å². The zero-order valence-corrected chi connectivity index (χ0v) is 17.4. The van der Waals surface area contributed by atoms with Crippen LogP contribution in [0.1, 0.15) is 10.7 Å². The summed E-state index contributed by atoms with van der Waals surface area (Å²) < 4.78 is 7.64. The van der Waals surface area contributed by atoms with Gasteiger partial charge in [0.1, 0.15) is 12.4 Å². The second-order valence-corrected chi connectivity index (χ2v) is 8.10. The number of amides is 1. The highest BCUT2D eigenvalue weighted by Gasteiger charge is 2.14. The number of benzene rings is 1. The smallest absolute Gasteiger partial charge is 0.230 e. The highest BCUT2D eigenvalue weighted by molar-refractivity contribution is 7.99. The van der Waals surface area contributed by atoms with Crippen molar-refractivity contribution in [2.45, 2.75) is 24.9 Å². The molecule has 1 amide bonds. The number of nitrogens with zero attached hydrogens (tertiary/aromatic N) is 3. The molecule has 0 saturated carbocycles. The van der Waals surface area contributed by atoms with Gasteiger partial charge in [0.2, 0.25) is 5.91 Å². The maximum absolute atomic E-state index is 12.1. The van der Waals surface area contributed by atoms with Gasteiger partial charge in [-0.05, 0) is 35.7 Å². The van der Waals surface area contributed by atoms with Gasteiger partial charge >= 0.3 is 0 Å². The summed E-state index contributed by atoms with van der Waals surface area (Å²) >= 11 is 8.83. The van der Waals surface area contributed by atoms with Gasteiger partial charge in [0, 0.05) is 16.4 Å². The zero-order chi connectivity index (χ0) is 19.8. The second-order valence-electron chi connectivity index (χ2n) is 5.69. The third-order valence-corrected chi connectivity index (χ3v) is 5.75. The first-order chi connectivity index (χ1) is 13.7. The molecule has 0 saturated heterocycles. The highest BCUT2D eigenvalue weighted by atomic mass is 35.5. The fourth-order valence-corrected chi connectivity index (χ4v) is 3.87. The van der Waals surface area contributed by atoms with Crippen LogP contribution in [0, 0.1) is 0 Å². The molecule has 0 radical (unpaired) electrons. The molecule has 0 bridgehead atoms. The first-order valence-corrected chi connectivity index (χ1v) is 10.7. The molecule has 0 fully saturated rings. The van der Waals surface area contributed by atoms with Crippen molar-refractivity contribution in [3.63, 3.8) is 0 Å². The first-order valence-electron chi connectivity index (χ1n) is 8.49. The molecule has 0 aliphatic carbocycles. The summed E-state index contributed by atoms with van der Waals surface area (Å²) in [5.41, 5.74) is 0. The lowest BCUT2D eigenvalue weighted by Crippen LogP contribution is -2.24. The minimum Gasteiger partial charge on any atom is -0.486 e. The molecule has 146 valence electrons. The molecule has 2 heterocycles. The fourth-order valence-electron chi connectivity index (χ4n) is 2.30. The van der Waals surface area contributed by atoms with E-state index in [0.29, 0.717) is 34.8 Å². The molecule has 0 unspecified atom stereocenters. The monoisotopic (exact) mass is 434 g/mol. The molecule has 0 aliphatic rings. The Bertz CT molecular complexity index is 911. The van der Waals surface area contributed by atoms with Crippen LogP contribution < -0.4 is 10.1 Å². The predicted molar refractivity (Wildman–Crippen MR) is 113 cm³/mol. The van der Waals surface area contributed by atoms with Crippen LogP contribution >= 0.6 is 34.7 Å². The highest BCUT2D eigenvalue weighted by Crippen LogP contribution is 2.20. The standard InChI is InChI=1S/C19H19ClN4O2S2/c1-2-9-24-17(12-26-15-7-5-14(20)6-8-15)22-23-19(24)28-13-18(25)21-11-16-4-3-10-27-16/h2-8,10H,1,9,11-13H2,(H,21,25). The van der Waals surface area contributed by atoms with Crippen LogP contribution in [0.5, 0.6) is 5.75 Å². The Hall–Kier alpha value is -2.29. The number of carbonyl (C=O) groups is 1. The molecule has 0 aliphatic heterocycles. The number of hydrogen-bond donors (Lipinski definition) is 1. The van der Waals surface area contributed by atoms with Crippen molar-refractivity contribution in [2.24, 2.45) is 0 Å². The summed E-state index contributed by atoms with van der Waals surface area (Å²) in [4.78, 5) is 13.2. The van der Waals surface area contributed by atoms with Crippen LogP contribution in [0.4, 0.5) is 0 Å². The summed E-state index contributed by atoms with van der Waals surface area (Å²) in [7, 11) is 0. The third kappa shape index (κ3) is 5.85. The molecule has 0 atom stereocenters. The lowest BCUT2D eigenvalue weighted by Gasteiger charge is -2.09. The maximum atomic E-state index is 12.1. The predicted octanol–water partition coefficient (Wildman–Crippen LogP) is 4.17. The fraction of sp³-hybridized carbons (Fsp3) is 0.211. The van der Waals surface area contributed by atoms with Crippen LogP contribution in [0.15, 0.2) is 59.6 Å².